The average Bonchev–Trinajstić information content (AvgIpc) is 3.48. The van der Waals surface area contributed by atoms with Gasteiger partial charge in [0.05, 0.1) is 0 Å². The van der Waals surface area contributed by atoms with Crippen molar-refractivity contribution in [2.45, 2.75) is 19.3 Å². The molecule has 36 heavy (non-hydrogen) atoms. The third-order valence-electron chi connectivity index (χ3n) is 7.74. The summed E-state index contributed by atoms with van der Waals surface area (Å²) in [5.74, 6) is 4.35. The van der Waals surface area contributed by atoms with Gasteiger partial charge in [-0.25, -0.2) is 0 Å². The molecule has 4 heterocycles. The smallest absolute Gasteiger partial charge is 0.433 e. The highest BCUT2D eigenvalue weighted by Gasteiger charge is 2.56. The molecule has 0 radical (unpaired) electrons. The van der Waals surface area contributed by atoms with Crippen molar-refractivity contribution in [2.75, 3.05) is 36.4 Å². The summed E-state index contributed by atoms with van der Waals surface area (Å²) < 4.78 is 43.3. The molecule has 1 aliphatic carbocycles. The minimum Gasteiger partial charge on any atom is -0.472 e. The van der Waals surface area contributed by atoms with Gasteiger partial charge in [-0.2, -0.15) is 13.2 Å². The van der Waals surface area contributed by atoms with Gasteiger partial charge in [0.2, 0.25) is 5.88 Å². The normalized spacial score (nSPS) is 24.7. The van der Waals surface area contributed by atoms with E-state index in [-0.39, 0.29) is 12.5 Å². The maximum absolute atomic E-state index is 12.6. The lowest BCUT2D eigenvalue weighted by molar-refractivity contribution is -0.141. The van der Waals surface area contributed by atoms with Crippen molar-refractivity contribution in [1.29, 1.82) is 0 Å². The van der Waals surface area contributed by atoms with E-state index >= 15 is 0 Å². The lowest BCUT2D eigenvalue weighted by Gasteiger charge is -2.43. The van der Waals surface area contributed by atoms with Crippen LogP contribution in [0.1, 0.15) is 16.8 Å². The van der Waals surface area contributed by atoms with E-state index in [1.165, 1.54) is 37.9 Å². The third-order valence-corrected chi connectivity index (χ3v) is 7.74. The summed E-state index contributed by atoms with van der Waals surface area (Å²) in [6, 6.07) is 14.4. The van der Waals surface area contributed by atoms with Crippen LogP contribution in [0.15, 0.2) is 54.7 Å². The summed E-state index contributed by atoms with van der Waals surface area (Å²) in [6.45, 7) is 5.39. The molecule has 4 atom stereocenters. The SMILES string of the molecule is FC(F)(F)c1ccc(COc2ccc(NCc3ccc(N4C[C@@H]5[C@H]6CNC[C@H]6[C@@H]5C4)cc3)nn2)cn1. The summed E-state index contributed by atoms with van der Waals surface area (Å²) in [7, 11) is 0. The van der Waals surface area contributed by atoms with Crippen LogP contribution in [-0.4, -0.2) is 41.4 Å². The van der Waals surface area contributed by atoms with Gasteiger partial charge in [-0.05, 0) is 66.6 Å². The van der Waals surface area contributed by atoms with E-state index in [9.17, 15) is 13.2 Å². The molecule has 2 N–H and O–H groups in total. The van der Waals surface area contributed by atoms with E-state index in [4.69, 9.17) is 4.74 Å². The van der Waals surface area contributed by atoms with E-state index in [0.717, 1.165) is 41.5 Å². The van der Waals surface area contributed by atoms with Crippen molar-refractivity contribution >= 4 is 11.5 Å². The Hall–Kier alpha value is -3.40. The van der Waals surface area contributed by atoms with Gasteiger partial charge in [0.1, 0.15) is 18.1 Å². The Morgan fingerprint density at radius 2 is 1.61 bits per heavy atom. The summed E-state index contributed by atoms with van der Waals surface area (Å²) in [5, 5.41) is 15.0. The lowest BCUT2D eigenvalue weighted by atomic mass is 9.60. The largest absolute Gasteiger partial charge is 0.472 e. The number of pyridine rings is 1. The second-order valence-corrected chi connectivity index (χ2v) is 9.83. The number of aromatic nitrogens is 3. The molecule has 0 spiro atoms. The Kier molecular flexibility index (Phi) is 5.91. The van der Waals surface area contributed by atoms with E-state index in [2.05, 4.69) is 55.0 Å². The van der Waals surface area contributed by atoms with Gasteiger partial charge in [0, 0.05) is 43.1 Å². The third kappa shape index (κ3) is 4.57. The first-order chi connectivity index (χ1) is 17.4. The van der Waals surface area contributed by atoms with E-state index in [1.807, 2.05) is 0 Å². The van der Waals surface area contributed by atoms with Crippen LogP contribution in [0.3, 0.4) is 0 Å². The van der Waals surface area contributed by atoms with Crippen molar-refractivity contribution < 1.29 is 17.9 Å². The molecule has 3 aliphatic rings. The predicted octanol–water partition coefficient (Wildman–Crippen LogP) is 3.98. The minimum atomic E-state index is -4.46. The Labute approximate surface area is 207 Å². The Bertz CT molecular complexity index is 1170. The van der Waals surface area contributed by atoms with Crippen molar-refractivity contribution in [1.82, 2.24) is 20.5 Å². The summed E-state index contributed by atoms with van der Waals surface area (Å²) >= 11 is 0. The second kappa shape index (κ2) is 9.24. The highest BCUT2D eigenvalue weighted by atomic mass is 19.4. The van der Waals surface area contributed by atoms with Gasteiger partial charge in [0.25, 0.3) is 0 Å². The Morgan fingerprint density at radius 3 is 2.22 bits per heavy atom. The van der Waals surface area contributed by atoms with Crippen molar-refractivity contribution in [3.05, 3.63) is 71.5 Å². The number of hydrogen-bond donors (Lipinski definition) is 2. The zero-order valence-corrected chi connectivity index (χ0v) is 19.6. The van der Waals surface area contributed by atoms with Crippen LogP contribution in [0.25, 0.3) is 0 Å². The van der Waals surface area contributed by atoms with Crippen LogP contribution in [0.2, 0.25) is 0 Å². The molecular weight excluding hydrogens is 469 g/mol. The summed E-state index contributed by atoms with van der Waals surface area (Å²) in [6.07, 6.45) is -3.31. The van der Waals surface area contributed by atoms with Gasteiger partial charge >= 0.3 is 6.18 Å². The second-order valence-electron chi connectivity index (χ2n) is 9.83. The Morgan fingerprint density at radius 1 is 0.889 bits per heavy atom. The fraction of sp³-hybridized carbons (Fsp3) is 0.423. The first-order valence-corrected chi connectivity index (χ1v) is 12.2. The summed E-state index contributed by atoms with van der Waals surface area (Å²) in [4.78, 5) is 5.96. The number of rotatable bonds is 7. The highest BCUT2D eigenvalue weighted by molar-refractivity contribution is 5.50. The van der Waals surface area contributed by atoms with Crippen LogP contribution in [0.4, 0.5) is 24.7 Å². The standard InChI is InChI=1S/C26H27F3N6O/c27-26(28,29)23-6-3-17(10-31-23)15-36-25-8-7-24(33-34-25)32-9-16-1-4-18(5-2-16)35-13-21-19-11-30-12-20(19)22(21)14-35/h1-8,10,19-22,30H,9,11-15H2,(H,32,33)/t19-,20+,21+,22-. The van der Waals surface area contributed by atoms with E-state index in [0.29, 0.717) is 17.9 Å². The molecule has 1 aromatic carbocycles. The van der Waals surface area contributed by atoms with Gasteiger partial charge in [-0.3, -0.25) is 4.98 Å². The fourth-order valence-corrected chi connectivity index (χ4v) is 5.83. The lowest BCUT2D eigenvalue weighted by Crippen LogP contribution is -2.44. The van der Waals surface area contributed by atoms with Crippen molar-refractivity contribution in [3.8, 4) is 5.88 Å². The fourth-order valence-electron chi connectivity index (χ4n) is 5.83. The molecule has 3 fully saturated rings. The molecule has 2 aliphatic heterocycles. The predicted molar refractivity (Wildman–Crippen MR) is 128 cm³/mol. The molecule has 0 bridgehead atoms. The Balaban J connectivity index is 0.971. The molecule has 7 nitrogen and oxygen atoms in total. The van der Waals surface area contributed by atoms with Crippen molar-refractivity contribution in [2.24, 2.45) is 23.7 Å². The molecule has 0 amide bonds. The molecule has 3 aromatic rings. The van der Waals surface area contributed by atoms with Crippen LogP contribution in [0.5, 0.6) is 5.88 Å². The van der Waals surface area contributed by atoms with Gasteiger partial charge < -0.3 is 20.3 Å². The van der Waals surface area contributed by atoms with Gasteiger partial charge in [-0.15, -0.1) is 10.2 Å². The highest BCUT2D eigenvalue weighted by Crippen LogP contribution is 2.52. The number of hydrogen-bond acceptors (Lipinski definition) is 7. The maximum Gasteiger partial charge on any atom is 0.433 e. The number of ether oxygens (including phenoxy) is 1. The molecule has 0 unspecified atom stereocenters. The molecular formula is C26H27F3N6O. The molecule has 2 aromatic heterocycles. The zero-order chi connectivity index (χ0) is 24.7. The number of nitrogens with zero attached hydrogens (tertiary/aromatic N) is 4. The minimum absolute atomic E-state index is 0.0512. The quantitative estimate of drug-likeness (QED) is 0.513. The van der Waals surface area contributed by atoms with Gasteiger partial charge in [0.15, 0.2) is 0 Å². The summed E-state index contributed by atoms with van der Waals surface area (Å²) in [5.41, 5.74) is 2.03. The number of alkyl halides is 3. The molecule has 2 saturated heterocycles. The molecule has 188 valence electrons. The van der Waals surface area contributed by atoms with E-state index in [1.54, 1.807) is 12.1 Å². The number of anilines is 2. The van der Waals surface area contributed by atoms with Crippen LogP contribution < -0.4 is 20.3 Å². The number of benzene rings is 1. The van der Waals surface area contributed by atoms with Crippen LogP contribution >= 0.6 is 0 Å². The first kappa shape index (κ1) is 23.0. The maximum atomic E-state index is 12.6. The average molecular weight is 497 g/mol. The molecule has 1 saturated carbocycles. The zero-order valence-electron chi connectivity index (χ0n) is 19.6. The van der Waals surface area contributed by atoms with Gasteiger partial charge in [-0.1, -0.05) is 18.2 Å². The van der Waals surface area contributed by atoms with Crippen LogP contribution in [0, 0.1) is 23.7 Å². The first-order valence-electron chi connectivity index (χ1n) is 12.2. The number of fused-ring (bicyclic) bond motifs is 4. The molecule has 6 rings (SSSR count). The van der Waals surface area contributed by atoms with E-state index < -0.39 is 11.9 Å². The topological polar surface area (TPSA) is 75.2 Å². The molecule has 10 heteroatoms. The van der Waals surface area contributed by atoms with Crippen molar-refractivity contribution in [3.63, 3.8) is 0 Å². The van der Waals surface area contributed by atoms with Crippen LogP contribution in [-0.2, 0) is 19.3 Å². The number of halogens is 3. The monoisotopic (exact) mass is 496 g/mol. The number of nitrogens with one attached hydrogen (secondary N) is 2.